The molecule has 2 bridgehead atoms. The van der Waals surface area contributed by atoms with Crippen molar-refractivity contribution < 1.29 is 0 Å². The standard InChI is InChI=1S/C18H30S2/c1-13(2)14(3)16-6-7-17-11-15(10-16)12-18(17)20-9-5-4-8-19/h13-19H,4-5,8-12H2,1-3H3. The Hall–Kier alpha value is 0.260. The van der Waals surface area contributed by atoms with Gasteiger partial charge in [0.25, 0.3) is 0 Å². The zero-order valence-corrected chi connectivity index (χ0v) is 15.0. The molecule has 0 aromatic carbocycles. The number of unbranched alkanes of at least 4 members (excludes halogenated alkanes) is 1. The largest absolute Gasteiger partial charge is 0.179 e. The van der Waals surface area contributed by atoms with Crippen molar-refractivity contribution >= 4 is 24.4 Å². The van der Waals surface area contributed by atoms with Crippen molar-refractivity contribution in [3.63, 3.8) is 0 Å². The van der Waals surface area contributed by atoms with Crippen LogP contribution in [0.2, 0.25) is 0 Å². The molecule has 5 unspecified atom stereocenters. The highest BCUT2D eigenvalue weighted by Crippen LogP contribution is 2.44. The molecule has 0 radical (unpaired) electrons. The van der Waals surface area contributed by atoms with Crippen LogP contribution in [-0.4, -0.2) is 16.8 Å². The number of hydrogen-bond acceptors (Lipinski definition) is 2. The van der Waals surface area contributed by atoms with E-state index in [1.54, 1.807) is 0 Å². The quantitative estimate of drug-likeness (QED) is 0.386. The maximum atomic E-state index is 4.29. The summed E-state index contributed by atoms with van der Waals surface area (Å²) in [6, 6.07) is 0. The summed E-state index contributed by atoms with van der Waals surface area (Å²) in [6.07, 6.45) is 6.74. The Balaban J connectivity index is 1.87. The van der Waals surface area contributed by atoms with E-state index < -0.39 is 0 Å². The van der Waals surface area contributed by atoms with E-state index in [0.717, 1.165) is 28.8 Å². The molecule has 2 aliphatic rings. The zero-order chi connectivity index (χ0) is 14.5. The van der Waals surface area contributed by atoms with Crippen LogP contribution in [0.25, 0.3) is 0 Å². The molecule has 0 heterocycles. The van der Waals surface area contributed by atoms with Gasteiger partial charge in [0.15, 0.2) is 0 Å². The molecule has 1 fully saturated rings. The SMILES string of the molecule is CC(C)C(C)C1C#CC2CC(C1)CC2SCCCCS. The minimum Gasteiger partial charge on any atom is -0.179 e. The van der Waals surface area contributed by atoms with Crippen LogP contribution in [0.4, 0.5) is 0 Å². The van der Waals surface area contributed by atoms with Gasteiger partial charge in [0.05, 0.1) is 0 Å². The van der Waals surface area contributed by atoms with Crippen LogP contribution in [0.15, 0.2) is 0 Å². The van der Waals surface area contributed by atoms with Gasteiger partial charge in [-0.1, -0.05) is 32.6 Å². The van der Waals surface area contributed by atoms with Crippen LogP contribution in [0.3, 0.4) is 0 Å². The molecule has 2 rings (SSSR count). The lowest BCUT2D eigenvalue weighted by atomic mass is 9.80. The van der Waals surface area contributed by atoms with Crippen molar-refractivity contribution in [2.24, 2.45) is 29.6 Å². The third-order valence-corrected chi connectivity index (χ3v) is 7.00. The fourth-order valence-electron chi connectivity index (χ4n) is 3.52. The lowest BCUT2D eigenvalue weighted by Gasteiger charge is -2.25. The average Bonchev–Trinajstić information content (AvgIpc) is 2.65. The van der Waals surface area contributed by atoms with Gasteiger partial charge < -0.3 is 0 Å². The molecule has 0 amide bonds. The number of thioether (sulfide) groups is 1. The number of fused-ring (bicyclic) bond motifs is 2. The third kappa shape index (κ3) is 4.38. The summed E-state index contributed by atoms with van der Waals surface area (Å²) in [7, 11) is 0. The van der Waals surface area contributed by atoms with Crippen LogP contribution in [0.5, 0.6) is 0 Å². The molecule has 1 saturated carbocycles. The maximum Gasteiger partial charge on any atom is 0.0324 e. The topological polar surface area (TPSA) is 0 Å². The fourth-order valence-corrected chi connectivity index (χ4v) is 5.24. The van der Waals surface area contributed by atoms with Crippen molar-refractivity contribution in [3.8, 4) is 11.8 Å². The molecular formula is C18H30S2. The normalized spacial score (nSPS) is 33.6. The molecule has 5 atom stereocenters. The molecular weight excluding hydrogens is 280 g/mol. The summed E-state index contributed by atoms with van der Waals surface area (Å²) in [6.45, 7) is 7.08. The van der Waals surface area contributed by atoms with Crippen LogP contribution in [0, 0.1) is 41.4 Å². The molecule has 0 aromatic heterocycles. The highest BCUT2D eigenvalue weighted by molar-refractivity contribution is 7.99. The van der Waals surface area contributed by atoms with Crippen molar-refractivity contribution in [3.05, 3.63) is 0 Å². The van der Waals surface area contributed by atoms with Gasteiger partial charge in [0.1, 0.15) is 0 Å². The van der Waals surface area contributed by atoms with Gasteiger partial charge in [-0.15, -0.1) is 0 Å². The first-order valence-corrected chi connectivity index (χ1v) is 10.0. The summed E-state index contributed by atoms with van der Waals surface area (Å²) in [5, 5.41) is 0.822. The second kappa shape index (κ2) is 8.04. The summed E-state index contributed by atoms with van der Waals surface area (Å²) < 4.78 is 0. The van der Waals surface area contributed by atoms with E-state index in [4.69, 9.17) is 0 Å². The van der Waals surface area contributed by atoms with Gasteiger partial charge in [-0.25, -0.2) is 0 Å². The van der Waals surface area contributed by atoms with Crippen LogP contribution < -0.4 is 0 Å². The van der Waals surface area contributed by atoms with Crippen molar-refractivity contribution in [2.45, 2.75) is 58.1 Å². The molecule has 0 aliphatic heterocycles. The van der Waals surface area contributed by atoms with Gasteiger partial charge in [0.2, 0.25) is 0 Å². The second-order valence-electron chi connectivity index (χ2n) is 7.02. The Morgan fingerprint density at radius 3 is 2.60 bits per heavy atom. The molecule has 0 N–H and O–H groups in total. The highest BCUT2D eigenvalue weighted by Gasteiger charge is 2.37. The Kier molecular flexibility index (Phi) is 6.69. The highest BCUT2D eigenvalue weighted by atomic mass is 32.2. The van der Waals surface area contributed by atoms with Gasteiger partial charge in [-0.05, 0) is 61.4 Å². The Labute approximate surface area is 135 Å². The molecule has 2 heteroatoms. The molecule has 0 aromatic rings. The van der Waals surface area contributed by atoms with E-state index in [9.17, 15) is 0 Å². The maximum absolute atomic E-state index is 4.29. The van der Waals surface area contributed by atoms with Crippen molar-refractivity contribution in [1.82, 2.24) is 0 Å². The lowest BCUT2D eigenvalue weighted by molar-refractivity contribution is 0.284. The van der Waals surface area contributed by atoms with Crippen LogP contribution in [-0.2, 0) is 0 Å². The monoisotopic (exact) mass is 310 g/mol. The number of hydrogen-bond donors (Lipinski definition) is 1. The van der Waals surface area contributed by atoms with E-state index >= 15 is 0 Å². The second-order valence-corrected chi connectivity index (χ2v) is 8.81. The van der Waals surface area contributed by atoms with Gasteiger partial charge >= 0.3 is 0 Å². The average molecular weight is 311 g/mol. The summed E-state index contributed by atoms with van der Waals surface area (Å²) in [5.41, 5.74) is 0. The zero-order valence-electron chi connectivity index (χ0n) is 13.3. The predicted molar refractivity (Wildman–Crippen MR) is 95.4 cm³/mol. The molecule has 2 aliphatic carbocycles. The van der Waals surface area contributed by atoms with Gasteiger partial charge in [0, 0.05) is 17.1 Å². The first-order chi connectivity index (χ1) is 9.61. The number of thiol groups is 1. The van der Waals surface area contributed by atoms with Gasteiger partial charge in [-0.3, -0.25) is 0 Å². The minimum atomic E-state index is 0.653. The summed E-state index contributed by atoms with van der Waals surface area (Å²) in [5.74, 6) is 13.4. The predicted octanol–water partition coefficient (Wildman–Crippen LogP) is 5.14. The van der Waals surface area contributed by atoms with Crippen molar-refractivity contribution in [1.29, 1.82) is 0 Å². The smallest absolute Gasteiger partial charge is 0.0324 e. The van der Waals surface area contributed by atoms with Crippen LogP contribution in [0.1, 0.15) is 52.9 Å². The minimum absolute atomic E-state index is 0.653. The fraction of sp³-hybridized carbons (Fsp3) is 0.889. The van der Waals surface area contributed by atoms with E-state index in [1.807, 2.05) is 0 Å². The Bertz CT molecular complexity index is 352. The molecule has 0 spiro atoms. The molecule has 0 nitrogen and oxygen atoms in total. The Morgan fingerprint density at radius 1 is 1.10 bits per heavy atom. The first kappa shape index (κ1) is 16.6. The molecule has 114 valence electrons. The van der Waals surface area contributed by atoms with E-state index in [1.165, 1.54) is 37.9 Å². The van der Waals surface area contributed by atoms with E-state index in [2.05, 4.69) is 57.0 Å². The van der Waals surface area contributed by atoms with Gasteiger partial charge in [-0.2, -0.15) is 24.4 Å². The lowest BCUT2D eigenvalue weighted by Crippen LogP contribution is -2.19. The van der Waals surface area contributed by atoms with Crippen LogP contribution >= 0.6 is 24.4 Å². The summed E-state index contributed by atoms with van der Waals surface area (Å²) in [4.78, 5) is 0. The molecule has 20 heavy (non-hydrogen) atoms. The van der Waals surface area contributed by atoms with E-state index in [-0.39, 0.29) is 0 Å². The molecule has 0 saturated heterocycles. The third-order valence-electron chi connectivity index (χ3n) is 5.21. The van der Waals surface area contributed by atoms with E-state index in [0.29, 0.717) is 11.8 Å². The summed E-state index contributed by atoms with van der Waals surface area (Å²) >= 11 is 6.48. The number of rotatable bonds is 7. The Morgan fingerprint density at radius 2 is 1.90 bits per heavy atom. The first-order valence-electron chi connectivity index (χ1n) is 8.35. The van der Waals surface area contributed by atoms with Crippen molar-refractivity contribution in [2.75, 3.05) is 11.5 Å².